The van der Waals surface area contributed by atoms with Gasteiger partial charge in [-0.15, -0.1) is 0 Å². The summed E-state index contributed by atoms with van der Waals surface area (Å²) in [7, 11) is 0. The number of amides is 1. The highest BCUT2D eigenvalue weighted by Gasteiger charge is 2.34. The van der Waals surface area contributed by atoms with Gasteiger partial charge in [0.05, 0.1) is 34.3 Å². The summed E-state index contributed by atoms with van der Waals surface area (Å²) in [4.78, 5) is 33.3. The summed E-state index contributed by atoms with van der Waals surface area (Å²) >= 11 is 6.68. The van der Waals surface area contributed by atoms with E-state index < -0.39 is 17.5 Å². The van der Waals surface area contributed by atoms with E-state index in [-0.39, 0.29) is 52.8 Å². The van der Waals surface area contributed by atoms with Crippen molar-refractivity contribution in [2.45, 2.75) is 19.0 Å². The topological polar surface area (TPSA) is 108 Å². The minimum absolute atomic E-state index is 0.0686. The summed E-state index contributed by atoms with van der Waals surface area (Å²) in [5, 5.41) is 21.0. The van der Waals surface area contributed by atoms with Crippen molar-refractivity contribution in [2.24, 2.45) is 0 Å². The van der Waals surface area contributed by atoms with Crippen molar-refractivity contribution in [3.8, 4) is 22.6 Å². The molecule has 0 bridgehead atoms. The van der Waals surface area contributed by atoms with Crippen LogP contribution in [0.2, 0.25) is 5.02 Å². The summed E-state index contributed by atoms with van der Waals surface area (Å²) in [6.07, 6.45) is 1.27. The van der Waals surface area contributed by atoms with Crippen molar-refractivity contribution in [1.82, 2.24) is 14.5 Å². The molecule has 3 heterocycles. The summed E-state index contributed by atoms with van der Waals surface area (Å²) < 4.78 is 22.2. The third kappa shape index (κ3) is 3.68. The molecule has 1 fully saturated rings. The van der Waals surface area contributed by atoms with Crippen molar-refractivity contribution in [3.63, 3.8) is 0 Å². The SMILES string of the molecule is C=CC(=O)N1CCN(c2nc(=O)n3c4c(c(-c5c(O)cccc5F)c(Cl)cc24)OC[C@@H]3CO)[C@@H](C)C1. The first-order valence-corrected chi connectivity index (χ1v) is 11.8. The third-order valence-electron chi connectivity index (χ3n) is 6.72. The maximum absolute atomic E-state index is 14.9. The molecule has 1 aromatic heterocycles. The van der Waals surface area contributed by atoms with Crippen LogP contribution in [0, 0.1) is 5.82 Å². The fourth-order valence-electron chi connectivity index (χ4n) is 5.01. The van der Waals surface area contributed by atoms with Crippen LogP contribution in [0.4, 0.5) is 10.2 Å². The van der Waals surface area contributed by atoms with E-state index in [4.69, 9.17) is 16.3 Å². The monoisotopic (exact) mass is 514 g/mol. The second-order valence-corrected chi connectivity index (χ2v) is 9.27. The molecule has 2 N–H and O–H groups in total. The van der Waals surface area contributed by atoms with Crippen LogP contribution in [0.15, 0.2) is 41.7 Å². The number of nitrogens with zero attached hydrogens (tertiary/aromatic N) is 4. The lowest BCUT2D eigenvalue weighted by Gasteiger charge is -2.41. The van der Waals surface area contributed by atoms with Crippen LogP contribution >= 0.6 is 11.6 Å². The second-order valence-electron chi connectivity index (χ2n) is 8.86. The maximum atomic E-state index is 14.9. The molecule has 2 aromatic carbocycles. The normalized spacial score (nSPS) is 19.3. The number of benzene rings is 2. The van der Waals surface area contributed by atoms with Crippen molar-refractivity contribution in [1.29, 1.82) is 0 Å². The predicted octanol–water partition coefficient (Wildman–Crippen LogP) is 2.71. The third-order valence-corrected chi connectivity index (χ3v) is 7.02. The van der Waals surface area contributed by atoms with Gasteiger partial charge in [-0.1, -0.05) is 24.2 Å². The van der Waals surface area contributed by atoms with E-state index in [0.29, 0.717) is 36.4 Å². The molecule has 0 aliphatic carbocycles. The van der Waals surface area contributed by atoms with E-state index in [1.807, 2.05) is 11.8 Å². The van der Waals surface area contributed by atoms with Crippen molar-refractivity contribution in [2.75, 3.05) is 37.7 Å². The minimum Gasteiger partial charge on any atom is -0.507 e. The summed E-state index contributed by atoms with van der Waals surface area (Å²) in [5.41, 5.74) is -0.349. The standard InChI is InChI=1S/C25H24ClFN4O5/c1-3-19(34)29-7-8-30(13(2)10-29)24-15-9-16(26)20(21-17(27)5-4-6-18(21)33)23-22(15)31(25(35)28-24)14(11-32)12-36-23/h3-6,9,13-14,32-33H,1,7-8,10-12H2,2H3/t13-,14-/m0/s1. The van der Waals surface area contributed by atoms with Gasteiger partial charge in [0, 0.05) is 31.1 Å². The molecule has 2 aliphatic heterocycles. The number of aromatic hydroxyl groups is 1. The van der Waals surface area contributed by atoms with Crippen LogP contribution in [-0.4, -0.2) is 69.5 Å². The molecular formula is C25H24ClFN4O5. The number of aromatic nitrogens is 2. The van der Waals surface area contributed by atoms with E-state index in [2.05, 4.69) is 11.6 Å². The number of carbonyl (C=O) groups excluding carboxylic acids is 1. The molecule has 11 heteroatoms. The number of phenols is 1. The number of hydrogen-bond acceptors (Lipinski definition) is 7. The number of phenolic OH excluding ortho intramolecular Hbond substituents is 1. The molecule has 2 aliphatic rings. The number of halogens is 2. The zero-order valence-electron chi connectivity index (χ0n) is 19.4. The van der Waals surface area contributed by atoms with Gasteiger partial charge in [-0.2, -0.15) is 4.98 Å². The Morgan fingerprint density at radius 1 is 1.36 bits per heavy atom. The number of aliphatic hydroxyl groups excluding tert-OH is 1. The van der Waals surface area contributed by atoms with Gasteiger partial charge >= 0.3 is 5.69 Å². The molecular weight excluding hydrogens is 491 g/mol. The highest BCUT2D eigenvalue weighted by Crippen LogP contribution is 2.49. The Labute approximate surface area is 210 Å². The number of hydrogen-bond donors (Lipinski definition) is 2. The molecule has 3 aromatic rings. The number of piperazine rings is 1. The largest absolute Gasteiger partial charge is 0.507 e. The highest BCUT2D eigenvalue weighted by molar-refractivity contribution is 6.35. The Balaban J connectivity index is 1.77. The molecule has 0 saturated carbocycles. The van der Waals surface area contributed by atoms with Crippen molar-refractivity contribution < 1.29 is 24.1 Å². The van der Waals surface area contributed by atoms with Gasteiger partial charge in [0.15, 0.2) is 5.75 Å². The first-order valence-electron chi connectivity index (χ1n) is 11.4. The Bertz CT molecular complexity index is 1440. The molecule has 2 atom stereocenters. The molecule has 36 heavy (non-hydrogen) atoms. The first kappa shape index (κ1) is 24.1. The number of anilines is 1. The lowest BCUT2D eigenvalue weighted by molar-refractivity contribution is -0.126. The fourth-order valence-corrected chi connectivity index (χ4v) is 5.30. The summed E-state index contributed by atoms with van der Waals surface area (Å²) in [5.74, 6) is -0.751. The van der Waals surface area contributed by atoms with E-state index >= 15 is 0 Å². The van der Waals surface area contributed by atoms with E-state index in [9.17, 15) is 24.2 Å². The molecule has 0 spiro atoms. The van der Waals surface area contributed by atoms with Gasteiger partial charge in [-0.3, -0.25) is 9.36 Å². The Morgan fingerprint density at radius 3 is 2.81 bits per heavy atom. The molecule has 9 nitrogen and oxygen atoms in total. The maximum Gasteiger partial charge on any atom is 0.350 e. The lowest BCUT2D eigenvalue weighted by Crippen LogP contribution is -2.54. The summed E-state index contributed by atoms with van der Waals surface area (Å²) in [6.45, 7) is 6.21. The number of aliphatic hydroxyl groups is 1. The van der Waals surface area contributed by atoms with Crippen LogP contribution in [0.5, 0.6) is 11.5 Å². The number of carbonyl (C=O) groups is 1. The average Bonchev–Trinajstić information content (AvgIpc) is 2.86. The Kier molecular flexibility index (Phi) is 6.09. The van der Waals surface area contributed by atoms with Gasteiger partial charge in [0.2, 0.25) is 5.91 Å². The van der Waals surface area contributed by atoms with Crippen LogP contribution < -0.4 is 15.3 Å². The van der Waals surface area contributed by atoms with Gasteiger partial charge in [0.1, 0.15) is 24.0 Å². The summed E-state index contributed by atoms with van der Waals surface area (Å²) in [6, 6.07) is 4.56. The second kappa shape index (κ2) is 9.11. The number of ether oxygens (including phenoxy) is 1. The van der Waals surface area contributed by atoms with Gasteiger partial charge in [0.25, 0.3) is 0 Å². The van der Waals surface area contributed by atoms with Crippen LogP contribution in [0.25, 0.3) is 22.0 Å². The minimum atomic E-state index is -0.711. The highest BCUT2D eigenvalue weighted by atomic mass is 35.5. The molecule has 5 rings (SSSR count). The van der Waals surface area contributed by atoms with Gasteiger partial charge < -0.3 is 24.7 Å². The van der Waals surface area contributed by atoms with Crippen LogP contribution in [0.1, 0.15) is 13.0 Å². The van der Waals surface area contributed by atoms with Crippen molar-refractivity contribution in [3.05, 3.63) is 58.2 Å². The van der Waals surface area contributed by atoms with Crippen LogP contribution in [0.3, 0.4) is 0 Å². The average molecular weight is 515 g/mol. The quantitative estimate of drug-likeness (QED) is 0.515. The zero-order chi connectivity index (χ0) is 25.7. The van der Waals surface area contributed by atoms with E-state index in [1.54, 1.807) is 11.0 Å². The zero-order valence-corrected chi connectivity index (χ0v) is 20.2. The lowest BCUT2D eigenvalue weighted by atomic mass is 9.98. The molecule has 0 radical (unpaired) electrons. The fraction of sp³-hybridized carbons (Fsp3) is 0.320. The van der Waals surface area contributed by atoms with E-state index in [0.717, 1.165) is 0 Å². The first-order chi connectivity index (χ1) is 17.3. The smallest absolute Gasteiger partial charge is 0.350 e. The van der Waals surface area contributed by atoms with Gasteiger partial charge in [-0.05, 0) is 31.2 Å². The van der Waals surface area contributed by atoms with E-state index in [1.165, 1.54) is 28.8 Å². The molecule has 0 unspecified atom stereocenters. The Morgan fingerprint density at radius 2 is 2.14 bits per heavy atom. The van der Waals surface area contributed by atoms with Crippen molar-refractivity contribution >= 4 is 34.2 Å². The molecule has 1 saturated heterocycles. The molecule has 1 amide bonds. The Hall–Kier alpha value is -3.63. The van der Waals surface area contributed by atoms with Gasteiger partial charge in [-0.25, -0.2) is 9.18 Å². The number of rotatable bonds is 4. The molecule has 188 valence electrons. The predicted molar refractivity (Wildman–Crippen MR) is 133 cm³/mol. The van der Waals surface area contributed by atoms with Crippen LogP contribution in [-0.2, 0) is 4.79 Å².